The van der Waals surface area contributed by atoms with Gasteiger partial charge in [0.15, 0.2) is 5.82 Å². The van der Waals surface area contributed by atoms with Crippen LogP contribution in [-0.4, -0.2) is 52.7 Å². The fourth-order valence-electron chi connectivity index (χ4n) is 6.36. The molecule has 2 aromatic carbocycles. The van der Waals surface area contributed by atoms with Gasteiger partial charge in [0.25, 0.3) is 5.56 Å². The second-order valence-electron chi connectivity index (χ2n) is 12.7. The Morgan fingerprint density at radius 2 is 1.85 bits per heavy atom. The molecule has 6 rings (SSSR count). The van der Waals surface area contributed by atoms with Gasteiger partial charge in [-0.3, -0.25) is 18.9 Å². The van der Waals surface area contributed by atoms with Crippen LogP contribution >= 0.6 is 0 Å². The summed E-state index contributed by atoms with van der Waals surface area (Å²) >= 11 is 0. The minimum absolute atomic E-state index is 0.00937. The molecule has 1 saturated carbocycles. The van der Waals surface area contributed by atoms with Crippen molar-refractivity contribution < 1.29 is 18.8 Å². The summed E-state index contributed by atoms with van der Waals surface area (Å²) in [4.78, 5) is 33.2. The number of H-pyrrole nitrogens is 1. The van der Waals surface area contributed by atoms with E-state index in [9.17, 15) is 14.7 Å². The van der Waals surface area contributed by atoms with Crippen molar-refractivity contribution in [2.45, 2.75) is 90.4 Å². The van der Waals surface area contributed by atoms with E-state index in [-0.39, 0.29) is 36.6 Å². The minimum atomic E-state index is -0.906. The Hall–Kier alpha value is -4.42. The smallest absolute Gasteiger partial charge is 0.388 e. The molecule has 3 aromatic heterocycles. The summed E-state index contributed by atoms with van der Waals surface area (Å²) in [5, 5.41) is 18.6. The molecule has 0 aliphatic heterocycles. The molecule has 11 nitrogen and oxygen atoms in total. The van der Waals surface area contributed by atoms with Gasteiger partial charge in [-0.25, -0.2) is 13.7 Å². The molecular formula is C34H39FN6O5. The van der Waals surface area contributed by atoms with Gasteiger partial charge < -0.3 is 9.84 Å². The molecule has 0 spiro atoms. The number of aryl methyl sites for hydroxylation is 2. The van der Waals surface area contributed by atoms with Gasteiger partial charge in [0, 0.05) is 23.6 Å². The quantitative estimate of drug-likeness (QED) is 0.216. The number of aromatic nitrogens is 6. The number of ether oxygens (including phenoxy) is 1. The molecular weight excluding hydrogens is 591 g/mol. The lowest BCUT2D eigenvalue weighted by Crippen LogP contribution is -2.36. The van der Waals surface area contributed by atoms with Crippen LogP contribution < -0.4 is 11.3 Å². The van der Waals surface area contributed by atoms with Crippen LogP contribution in [0.5, 0.6) is 0 Å². The van der Waals surface area contributed by atoms with Crippen molar-refractivity contribution >= 4 is 5.78 Å². The predicted molar refractivity (Wildman–Crippen MR) is 170 cm³/mol. The number of benzene rings is 2. The van der Waals surface area contributed by atoms with Crippen molar-refractivity contribution in [3.8, 4) is 22.5 Å². The van der Waals surface area contributed by atoms with Crippen LogP contribution in [-0.2, 0) is 17.6 Å². The average molecular weight is 631 g/mol. The molecule has 2 N–H and O–H groups in total. The number of hydrogen-bond acceptors (Lipinski definition) is 8. The Bertz CT molecular complexity index is 1980. The molecule has 0 unspecified atom stereocenters. The van der Waals surface area contributed by atoms with Crippen molar-refractivity contribution in [3.05, 3.63) is 91.8 Å². The lowest BCUT2D eigenvalue weighted by molar-refractivity contribution is -0.0654. The third-order valence-corrected chi connectivity index (χ3v) is 8.51. The van der Waals surface area contributed by atoms with Gasteiger partial charge in [-0.1, -0.05) is 54.9 Å². The third-order valence-electron chi connectivity index (χ3n) is 8.51. The van der Waals surface area contributed by atoms with E-state index in [0.29, 0.717) is 58.7 Å². The number of nitrogens with zero attached hydrogens (tertiary/aromatic N) is 5. The highest BCUT2D eigenvalue weighted by Gasteiger charge is 2.29. The zero-order valence-corrected chi connectivity index (χ0v) is 26.5. The van der Waals surface area contributed by atoms with Gasteiger partial charge in [-0.15, -0.1) is 0 Å². The van der Waals surface area contributed by atoms with Crippen LogP contribution in [0.4, 0.5) is 4.39 Å². The summed E-state index contributed by atoms with van der Waals surface area (Å²) in [7, 11) is 0. The first-order chi connectivity index (χ1) is 22.0. The normalized spacial score (nSPS) is 17.2. The number of aliphatic hydroxyl groups is 1. The molecule has 3 heterocycles. The molecule has 1 aliphatic rings. The van der Waals surface area contributed by atoms with E-state index in [2.05, 4.69) is 24.7 Å². The summed E-state index contributed by atoms with van der Waals surface area (Å²) in [5.41, 5.74) is 2.42. The molecule has 0 saturated heterocycles. The summed E-state index contributed by atoms with van der Waals surface area (Å²) in [5.74, 6) is 0.200. The summed E-state index contributed by atoms with van der Waals surface area (Å²) in [6, 6.07) is 12.1. The molecule has 46 heavy (non-hydrogen) atoms. The van der Waals surface area contributed by atoms with Gasteiger partial charge in [0.2, 0.25) is 5.78 Å². The number of rotatable bonds is 10. The van der Waals surface area contributed by atoms with Crippen LogP contribution in [0.2, 0.25) is 0 Å². The number of aromatic amines is 1. The van der Waals surface area contributed by atoms with Crippen LogP contribution in [0.1, 0.15) is 81.6 Å². The maximum atomic E-state index is 15.9. The fourth-order valence-corrected chi connectivity index (χ4v) is 6.36. The lowest BCUT2D eigenvalue weighted by atomic mass is 9.92. The van der Waals surface area contributed by atoms with Crippen molar-refractivity contribution in [1.82, 2.24) is 29.3 Å². The molecule has 0 atom stereocenters. The van der Waals surface area contributed by atoms with Gasteiger partial charge >= 0.3 is 5.76 Å². The zero-order chi connectivity index (χ0) is 32.6. The molecule has 5 aromatic rings. The van der Waals surface area contributed by atoms with Crippen LogP contribution in [0.15, 0.2) is 56.6 Å². The Labute approximate surface area is 265 Å². The monoisotopic (exact) mass is 630 g/mol. The highest BCUT2D eigenvalue weighted by Crippen LogP contribution is 2.33. The van der Waals surface area contributed by atoms with E-state index in [1.807, 2.05) is 26.0 Å². The maximum absolute atomic E-state index is 15.9. The third kappa shape index (κ3) is 6.45. The molecule has 12 heteroatoms. The Morgan fingerprint density at radius 3 is 2.50 bits per heavy atom. The lowest BCUT2D eigenvalue weighted by Gasteiger charge is -2.32. The molecule has 1 fully saturated rings. The van der Waals surface area contributed by atoms with Gasteiger partial charge in [-0.2, -0.15) is 10.1 Å². The van der Waals surface area contributed by atoms with Gasteiger partial charge in [0.05, 0.1) is 24.0 Å². The molecule has 242 valence electrons. The Balaban J connectivity index is 1.35. The highest BCUT2D eigenvalue weighted by atomic mass is 19.1. The topological polar surface area (TPSA) is 141 Å². The standard InChI is InChI=1S/C34H39FN6O5/c1-5-8-29-27(17-22-12-11-21(18-28(22)35)25-9-6-7-10-26(25)30-37-33(43)46-39-30)31(42)40(32-36-20(2)38-41(29)32)23-13-15-24(16-14-23)45-19-34(3,4)44/h6-7,9-12,18,23-24,44H,5,8,13-17,19H2,1-4H3,(H,37,39,43). The average Bonchev–Trinajstić information content (AvgIpc) is 3.63. The highest BCUT2D eigenvalue weighted by molar-refractivity contribution is 5.80. The minimum Gasteiger partial charge on any atom is -0.388 e. The zero-order valence-electron chi connectivity index (χ0n) is 26.5. The molecule has 1 aliphatic carbocycles. The second kappa shape index (κ2) is 12.8. The Morgan fingerprint density at radius 1 is 1.11 bits per heavy atom. The van der Waals surface area contributed by atoms with E-state index >= 15 is 4.39 Å². The largest absolute Gasteiger partial charge is 0.439 e. The van der Waals surface area contributed by atoms with E-state index in [1.165, 1.54) is 6.07 Å². The first-order valence-electron chi connectivity index (χ1n) is 15.8. The molecule has 0 bridgehead atoms. The molecule has 0 radical (unpaired) electrons. The number of nitrogens with one attached hydrogen (secondary N) is 1. The van der Waals surface area contributed by atoms with Crippen molar-refractivity contribution in [1.29, 1.82) is 0 Å². The maximum Gasteiger partial charge on any atom is 0.439 e. The number of hydrogen-bond donors (Lipinski definition) is 2. The summed E-state index contributed by atoms with van der Waals surface area (Å²) < 4.78 is 30.1. The Kier molecular flexibility index (Phi) is 8.75. The van der Waals surface area contributed by atoms with Crippen LogP contribution in [0.25, 0.3) is 28.3 Å². The van der Waals surface area contributed by atoms with Crippen molar-refractivity contribution in [2.24, 2.45) is 0 Å². The van der Waals surface area contributed by atoms with Gasteiger partial charge in [0.1, 0.15) is 11.6 Å². The molecule has 0 amide bonds. The predicted octanol–water partition coefficient (Wildman–Crippen LogP) is 5.16. The van der Waals surface area contributed by atoms with Crippen LogP contribution in [0, 0.1) is 12.7 Å². The summed E-state index contributed by atoms with van der Waals surface area (Å²) in [6.07, 6.45) is 4.39. The number of halogens is 1. The van der Waals surface area contributed by atoms with E-state index < -0.39 is 17.2 Å². The SMILES string of the molecule is CCCc1c(Cc2ccc(-c3ccccc3-c3noc(=O)[nH]3)cc2F)c(=O)n(C2CCC(OCC(C)(C)O)CC2)c2nc(C)nn12. The fraction of sp³-hybridized carbons (Fsp3) is 0.441. The van der Waals surface area contributed by atoms with E-state index in [0.717, 1.165) is 25.0 Å². The first kappa shape index (κ1) is 31.6. The first-order valence-corrected chi connectivity index (χ1v) is 15.8. The van der Waals surface area contributed by atoms with E-state index in [1.54, 1.807) is 47.2 Å². The van der Waals surface area contributed by atoms with Crippen molar-refractivity contribution in [2.75, 3.05) is 6.61 Å². The number of fused-ring (bicyclic) bond motifs is 1. The van der Waals surface area contributed by atoms with Crippen LogP contribution in [0.3, 0.4) is 0 Å². The van der Waals surface area contributed by atoms with Crippen molar-refractivity contribution in [3.63, 3.8) is 0 Å². The second-order valence-corrected chi connectivity index (χ2v) is 12.7. The van der Waals surface area contributed by atoms with Gasteiger partial charge in [-0.05, 0) is 75.6 Å². The van der Waals surface area contributed by atoms with E-state index in [4.69, 9.17) is 4.74 Å². The summed E-state index contributed by atoms with van der Waals surface area (Å²) in [6.45, 7) is 7.54.